The smallest absolute Gasteiger partial charge is 0.187 e. The van der Waals surface area contributed by atoms with Gasteiger partial charge in [0.1, 0.15) is 24.2 Å². The number of aliphatic imine (C=N–C) groups is 2. The molecule has 134 valence electrons. The maximum Gasteiger partial charge on any atom is 0.187 e. The SMILES string of the molecule is COc1c(OC[C@H](O)CN2CCCC2)ccc2c1N=CN1CCN=C21. The molecule has 25 heavy (non-hydrogen) atoms. The van der Waals surface area contributed by atoms with Crippen LogP contribution in [0.5, 0.6) is 11.5 Å². The molecular weight excluding hydrogens is 320 g/mol. The molecule has 1 aromatic rings. The highest BCUT2D eigenvalue weighted by atomic mass is 16.5. The molecule has 0 radical (unpaired) electrons. The number of benzene rings is 1. The Balaban J connectivity index is 1.48. The summed E-state index contributed by atoms with van der Waals surface area (Å²) in [5.74, 6) is 2.13. The third-order valence-electron chi connectivity index (χ3n) is 4.84. The molecule has 1 aromatic carbocycles. The molecule has 0 aliphatic carbocycles. The molecule has 3 aliphatic heterocycles. The van der Waals surface area contributed by atoms with E-state index >= 15 is 0 Å². The lowest BCUT2D eigenvalue weighted by atomic mass is 10.1. The van der Waals surface area contributed by atoms with Crippen molar-refractivity contribution >= 4 is 17.9 Å². The quantitative estimate of drug-likeness (QED) is 0.841. The lowest BCUT2D eigenvalue weighted by Gasteiger charge is -2.24. The third-order valence-corrected chi connectivity index (χ3v) is 4.84. The summed E-state index contributed by atoms with van der Waals surface area (Å²) >= 11 is 0. The number of aliphatic hydroxyl groups excluding tert-OH is 1. The number of methoxy groups -OCH3 is 1. The van der Waals surface area contributed by atoms with Crippen LogP contribution in [0.1, 0.15) is 18.4 Å². The van der Waals surface area contributed by atoms with Crippen LogP contribution >= 0.6 is 0 Å². The Hall–Kier alpha value is -2.12. The van der Waals surface area contributed by atoms with Gasteiger partial charge in [-0.3, -0.25) is 4.99 Å². The first-order chi connectivity index (χ1) is 12.3. The molecule has 0 spiro atoms. The molecule has 3 aliphatic rings. The first-order valence-corrected chi connectivity index (χ1v) is 8.86. The summed E-state index contributed by atoms with van der Waals surface area (Å²) in [6.45, 7) is 4.66. The predicted molar refractivity (Wildman–Crippen MR) is 96.4 cm³/mol. The van der Waals surface area contributed by atoms with Crippen LogP contribution in [0.15, 0.2) is 22.1 Å². The highest BCUT2D eigenvalue weighted by Crippen LogP contribution is 2.42. The number of β-amino-alcohol motifs (C(OH)–C–C–N with tert-alkyl or cyclic N) is 1. The fraction of sp³-hybridized carbons (Fsp3) is 0.556. The Morgan fingerprint density at radius 1 is 1.24 bits per heavy atom. The second kappa shape index (κ2) is 7.01. The zero-order chi connectivity index (χ0) is 17.2. The summed E-state index contributed by atoms with van der Waals surface area (Å²) in [5, 5.41) is 10.2. The first-order valence-electron chi connectivity index (χ1n) is 8.86. The van der Waals surface area contributed by atoms with Gasteiger partial charge >= 0.3 is 0 Å². The maximum atomic E-state index is 10.2. The highest BCUT2D eigenvalue weighted by molar-refractivity contribution is 6.12. The van der Waals surface area contributed by atoms with E-state index in [0.717, 1.165) is 43.3 Å². The van der Waals surface area contributed by atoms with Gasteiger partial charge < -0.3 is 24.4 Å². The van der Waals surface area contributed by atoms with E-state index in [4.69, 9.17) is 9.47 Å². The van der Waals surface area contributed by atoms with Gasteiger partial charge in [0.15, 0.2) is 11.5 Å². The molecule has 0 amide bonds. The molecule has 0 saturated carbocycles. The van der Waals surface area contributed by atoms with Crippen molar-refractivity contribution in [2.24, 2.45) is 9.98 Å². The standard InChI is InChI=1S/C18H24N4O3/c1-24-17-15(25-11-13(23)10-21-7-2-3-8-21)5-4-14-16(17)20-12-22-9-6-19-18(14)22/h4-5,12-13,23H,2-3,6-11H2,1H3/t13-/m1/s1. The molecule has 7 heteroatoms. The molecule has 0 unspecified atom stereocenters. The van der Waals surface area contributed by atoms with Gasteiger partial charge in [-0.05, 0) is 38.1 Å². The average molecular weight is 344 g/mol. The largest absolute Gasteiger partial charge is 0.491 e. The first kappa shape index (κ1) is 16.4. The number of hydrogen-bond donors (Lipinski definition) is 1. The predicted octanol–water partition coefficient (Wildman–Crippen LogP) is 1.27. The van der Waals surface area contributed by atoms with Crippen molar-refractivity contribution in [3.63, 3.8) is 0 Å². The number of amidine groups is 1. The number of aliphatic hydroxyl groups is 1. The minimum Gasteiger partial charge on any atom is -0.491 e. The van der Waals surface area contributed by atoms with E-state index in [-0.39, 0.29) is 6.61 Å². The fourth-order valence-electron chi connectivity index (χ4n) is 3.61. The van der Waals surface area contributed by atoms with E-state index in [9.17, 15) is 5.11 Å². The fourth-order valence-corrected chi connectivity index (χ4v) is 3.61. The molecule has 0 aromatic heterocycles. The normalized spacial score (nSPS) is 20.2. The maximum absolute atomic E-state index is 10.2. The van der Waals surface area contributed by atoms with Gasteiger partial charge in [0.25, 0.3) is 0 Å². The van der Waals surface area contributed by atoms with Crippen LogP contribution in [0.3, 0.4) is 0 Å². The topological polar surface area (TPSA) is 69.9 Å². The van der Waals surface area contributed by atoms with Crippen molar-refractivity contribution in [1.82, 2.24) is 9.80 Å². The summed E-state index contributed by atoms with van der Waals surface area (Å²) in [7, 11) is 1.61. The molecule has 0 bridgehead atoms. The summed E-state index contributed by atoms with van der Waals surface area (Å²) in [6.07, 6.45) is 3.70. The summed E-state index contributed by atoms with van der Waals surface area (Å²) in [6, 6.07) is 3.84. The van der Waals surface area contributed by atoms with Gasteiger partial charge in [-0.25, -0.2) is 4.99 Å². The van der Waals surface area contributed by atoms with Gasteiger partial charge in [-0.2, -0.15) is 0 Å². The van der Waals surface area contributed by atoms with E-state index in [0.29, 0.717) is 18.0 Å². The Morgan fingerprint density at radius 3 is 2.88 bits per heavy atom. The van der Waals surface area contributed by atoms with Gasteiger partial charge in [-0.1, -0.05) is 0 Å². The second-order valence-corrected chi connectivity index (χ2v) is 6.61. The molecule has 3 heterocycles. The number of fused-ring (bicyclic) bond motifs is 3. The number of hydrogen-bond acceptors (Lipinski definition) is 7. The number of likely N-dealkylation sites (tertiary alicyclic amines) is 1. The zero-order valence-corrected chi connectivity index (χ0v) is 14.5. The summed E-state index contributed by atoms with van der Waals surface area (Å²) < 4.78 is 11.4. The molecule has 1 N–H and O–H groups in total. The van der Waals surface area contributed by atoms with E-state index in [1.54, 1.807) is 13.4 Å². The van der Waals surface area contributed by atoms with Crippen LogP contribution in [0.25, 0.3) is 0 Å². The number of ether oxygens (including phenoxy) is 2. The van der Waals surface area contributed by atoms with E-state index in [2.05, 4.69) is 14.9 Å². The Morgan fingerprint density at radius 2 is 2.08 bits per heavy atom. The number of rotatable bonds is 6. The van der Waals surface area contributed by atoms with Crippen LogP contribution < -0.4 is 9.47 Å². The second-order valence-electron chi connectivity index (χ2n) is 6.61. The van der Waals surface area contributed by atoms with Crippen LogP contribution in [-0.4, -0.2) is 79.6 Å². The molecule has 1 fully saturated rings. The average Bonchev–Trinajstić information content (AvgIpc) is 3.30. The number of nitrogens with zero attached hydrogens (tertiary/aromatic N) is 4. The van der Waals surface area contributed by atoms with Crippen molar-refractivity contribution in [2.75, 3.05) is 46.4 Å². The van der Waals surface area contributed by atoms with E-state index in [1.165, 1.54) is 12.8 Å². The summed E-state index contributed by atoms with van der Waals surface area (Å²) in [5.41, 5.74) is 1.70. The minimum atomic E-state index is -0.517. The Labute approximate surface area is 147 Å². The van der Waals surface area contributed by atoms with Crippen LogP contribution in [0.4, 0.5) is 5.69 Å². The van der Waals surface area contributed by atoms with Gasteiger partial charge in [0, 0.05) is 18.7 Å². The minimum absolute atomic E-state index is 0.239. The van der Waals surface area contributed by atoms with Crippen LogP contribution in [0.2, 0.25) is 0 Å². The van der Waals surface area contributed by atoms with Gasteiger partial charge in [0.2, 0.25) is 0 Å². The molecule has 7 nitrogen and oxygen atoms in total. The molecule has 1 saturated heterocycles. The van der Waals surface area contributed by atoms with E-state index < -0.39 is 6.10 Å². The molecule has 4 rings (SSSR count). The molecule has 1 atom stereocenters. The van der Waals surface area contributed by atoms with E-state index in [1.807, 2.05) is 17.0 Å². The van der Waals surface area contributed by atoms with Crippen LogP contribution in [0, 0.1) is 0 Å². The van der Waals surface area contributed by atoms with Gasteiger partial charge in [0.05, 0.1) is 20.0 Å². The lowest BCUT2D eigenvalue weighted by Crippen LogP contribution is -2.33. The van der Waals surface area contributed by atoms with Crippen LogP contribution in [-0.2, 0) is 0 Å². The third kappa shape index (κ3) is 3.21. The zero-order valence-electron chi connectivity index (χ0n) is 14.5. The van der Waals surface area contributed by atoms with Crippen molar-refractivity contribution in [2.45, 2.75) is 18.9 Å². The monoisotopic (exact) mass is 344 g/mol. The Bertz CT molecular complexity index is 698. The Kier molecular flexibility index (Phi) is 4.59. The lowest BCUT2D eigenvalue weighted by molar-refractivity contribution is 0.0747. The van der Waals surface area contributed by atoms with Gasteiger partial charge in [-0.15, -0.1) is 0 Å². The summed E-state index contributed by atoms with van der Waals surface area (Å²) in [4.78, 5) is 13.4. The molecular formula is C18H24N4O3. The highest BCUT2D eigenvalue weighted by Gasteiger charge is 2.27. The van der Waals surface area contributed by atoms with Crippen molar-refractivity contribution in [3.05, 3.63) is 17.7 Å². The van der Waals surface area contributed by atoms with Crippen molar-refractivity contribution in [3.8, 4) is 11.5 Å². The van der Waals surface area contributed by atoms with Crippen molar-refractivity contribution < 1.29 is 14.6 Å². The van der Waals surface area contributed by atoms with Crippen molar-refractivity contribution in [1.29, 1.82) is 0 Å².